The van der Waals surface area contributed by atoms with Crippen LogP contribution in [0.3, 0.4) is 0 Å². The highest BCUT2D eigenvalue weighted by atomic mass is 32.1. The Bertz CT molecular complexity index is 316. The SMILES string of the molecule is Cc1ccc(C(C)C(C)C(N)=S)cc1. The Morgan fingerprint density at radius 1 is 1.21 bits per heavy atom. The van der Waals surface area contributed by atoms with Gasteiger partial charge in [0.25, 0.3) is 0 Å². The Kier molecular flexibility index (Phi) is 3.64. The lowest BCUT2D eigenvalue weighted by Crippen LogP contribution is -2.23. The molecule has 1 nitrogen and oxygen atoms in total. The summed E-state index contributed by atoms with van der Waals surface area (Å²) >= 11 is 5.00. The van der Waals surface area contributed by atoms with Crippen LogP contribution in [-0.2, 0) is 0 Å². The second-order valence-corrected chi connectivity index (χ2v) is 4.36. The highest BCUT2D eigenvalue weighted by Crippen LogP contribution is 2.24. The Morgan fingerprint density at radius 2 is 1.71 bits per heavy atom. The second-order valence-electron chi connectivity index (χ2n) is 3.89. The Morgan fingerprint density at radius 3 is 2.14 bits per heavy atom. The summed E-state index contributed by atoms with van der Waals surface area (Å²) in [4.78, 5) is 0.595. The largest absolute Gasteiger partial charge is 0.393 e. The van der Waals surface area contributed by atoms with Gasteiger partial charge in [-0.05, 0) is 18.4 Å². The number of nitrogens with two attached hydrogens (primary N) is 1. The molecule has 0 amide bonds. The van der Waals surface area contributed by atoms with E-state index in [1.807, 2.05) is 0 Å². The van der Waals surface area contributed by atoms with Crippen molar-refractivity contribution >= 4 is 17.2 Å². The molecule has 76 valence electrons. The zero-order valence-corrected chi connectivity index (χ0v) is 9.77. The highest BCUT2D eigenvalue weighted by molar-refractivity contribution is 7.80. The average Bonchev–Trinajstić information content (AvgIpc) is 2.16. The van der Waals surface area contributed by atoms with Crippen molar-refractivity contribution in [2.45, 2.75) is 26.7 Å². The van der Waals surface area contributed by atoms with Crippen molar-refractivity contribution in [3.05, 3.63) is 35.4 Å². The molecule has 0 saturated heterocycles. The number of benzene rings is 1. The van der Waals surface area contributed by atoms with Crippen LogP contribution in [0.2, 0.25) is 0 Å². The Hall–Kier alpha value is -0.890. The number of hydrogen-bond donors (Lipinski definition) is 1. The third-order valence-corrected chi connectivity index (χ3v) is 3.17. The van der Waals surface area contributed by atoms with Gasteiger partial charge in [0.15, 0.2) is 0 Å². The molecule has 0 aliphatic carbocycles. The van der Waals surface area contributed by atoms with E-state index in [1.165, 1.54) is 11.1 Å². The fraction of sp³-hybridized carbons (Fsp3) is 0.417. The van der Waals surface area contributed by atoms with Gasteiger partial charge in [-0.15, -0.1) is 0 Å². The number of thiocarbonyl (C=S) groups is 1. The molecule has 1 aromatic carbocycles. The monoisotopic (exact) mass is 207 g/mol. The summed E-state index contributed by atoms with van der Waals surface area (Å²) in [6, 6.07) is 8.54. The first kappa shape index (κ1) is 11.2. The molecular formula is C12H17NS. The van der Waals surface area contributed by atoms with Crippen molar-refractivity contribution in [1.82, 2.24) is 0 Å². The van der Waals surface area contributed by atoms with Crippen LogP contribution in [0.4, 0.5) is 0 Å². The van der Waals surface area contributed by atoms with E-state index in [0.717, 1.165) is 0 Å². The topological polar surface area (TPSA) is 26.0 Å². The van der Waals surface area contributed by atoms with Gasteiger partial charge in [-0.3, -0.25) is 0 Å². The Labute approximate surface area is 91.3 Å². The lowest BCUT2D eigenvalue weighted by atomic mass is 9.88. The van der Waals surface area contributed by atoms with Crippen molar-refractivity contribution in [1.29, 1.82) is 0 Å². The molecule has 2 unspecified atom stereocenters. The molecule has 0 aromatic heterocycles. The van der Waals surface area contributed by atoms with E-state index in [4.69, 9.17) is 18.0 Å². The summed E-state index contributed by atoms with van der Waals surface area (Å²) in [5, 5.41) is 0. The fourth-order valence-corrected chi connectivity index (χ4v) is 1.61. The van der Waals surface area contributed by atoms with Crippen LogP contribution in [-0.4, -0.2) is 4.99 Å². The smallest absolute Gasteiger partial charge is 0.0761 e. The van der Waals surface area contributed by atoms with E-state index < -0.39 is 0 Å². The first-order chi connectivity index (χ1) is 6.52. The molecule has 2 heteroatoms. The molecule has 0 saturated carbocycles. The van der Waals surface area contributed by atoms with E-state index >= 15 is 0 Å². The molecule has 0 aliphatic rings. The van der Waals surface area contributed by atoms with Gasteiger partial charge in [-0.25, -0.2) is 0 Å². The van der Waals surface area contributed by atoms with Crippen molar-refractivity contribution in [2.75, 3.05) is 0 Å². The average molecular weight is 207 g/mol. The van der Waals surface area contributed by atoms with Gasteiger partial charge >= 0.3 is 0 Å². The van der Waals surface area contributed by atoms with Gasteiger partial charge in [-0.2, -0.15) is 0 Å². The van der Waals surface area contributed by atoms with Crippen molar-refractivity contribution < 1.29 is 0 Å². The molecule has 1 rings (SSSR count). The minimum absolute atomic E-state index is 0.257. The summed E-state index contributed by atoms with van der Waals surface area (Å²) in [6.45, 7) is 6.33. The number of hydrogen-bond acceptors (Lipinski definition) is 1. The summed E-state index contributed by atoms with van der Waals surface area (Å²) < 4.78 is 0. The van der Waals surface area contributed by atoms with Gasteiger partial charge in [0.05, 0.1) is 4.99 Å². The van der Waals surface area contributed by atoms with Crippen LogP contribution in [0.25, 0.3) is 0 Å². The van der Waals surface area contributed by atoms with Crippen LogP contribution in [0, 0.1) is 12.8 Å². The molecular weight excluding hydrogens is 190 g/mol. The summed E-state index contributed by atoms with van der Waals surface area (Å²) in [6.07, 6.45) is 0. The first-order valence-electron chi connectivity index (χ1n) is 4.88. The molecule has 0 fully saturated rings. The van der Waals surface area contributed by atoms with Crippen LogP contribution in [0.1, 0.15) is 30.9 Å². The maximum absolute atomic E-state index is 5.64. The maximum Gasteiger partial charge on any atom is 0.0761 e. The third kappa shape index (κ3) is 2.55. The minimum Gasteiger partial charge on any atom is -0.393 e. The van der Waals surface area contributed by atoms with Gasteiger partial charge in [-0.1, -0.05) is 55.9 Å². The van der Waals surface area contributed by atoms with Crippen LogP contribution in [0.5, 0.6) is 0 Å². The van der Waals surface area contributed by atoms with E-state index in [0.29, 0.717) is 10.9 Å². The minimum atomic E-state index is 0.257. The zero-order valence-electron chi connectivity index (χ0n) is 8.95. The van der Waals surface area contributed by atoms with Crippen LogP contribution >= 0.6 is 12.2 Å². The quantitative estimate of drug-likeness (QED) is 0.771. The molecule has 0 aliphatic heterocycles. The molecule has 0 heterocycles. The summed E-state index contributed by atoms with van der Waals surface area (Å²) in [5.41, 5.74) is 8.22. The van der Waals surface area contributed by atoms with E-state index in [9.17, 15) is 0 Å². The van der Waals surface area contributed by atoms with Gasteiger partial charge < -0.3 is 5.73 Å². The lowest BCUT2D eigenvalue weighted by molar-refractivity contribution is 0.626. The molecule has 2 N–H and O–H groups in total. The molecule has 0 bridgehead atoms. The van der Waals surface area contributed by atoms with Crippen LogP contribution < -0.4 is 5.73 Å². The van der Waals surface area contributed by atoms with Crippen molar-refractivity contribution in [2.24, 2.45) is 11.7 Å². The molecule has 14 heavy (non-hydrogen) atoms. The predicted molar refractivity (Wildman–Crippen MR) is 65.5 cm³/mol. The molecule has 0 radical (unpaired) electrons. The lowest BCUT2D eigenvalue weighted by Gasteiger charge is -2.19. The second kappa shape index (κ2) is 4.56. The van der Waals surface area contributed by atoms with Crippen molar-refractivity contribution in [3.8, 4) is 0 Å². The molecule has 2 atom stereocenters. The standard InChI is InChI=1S/C12H17NS/c1-8-4-6-11(7-5-8)9(2)10(3)12(13)14/h4-7,9-10H,1-3H3,(H2,13,14). The summed E-state index contributed by atoms with van der Waals surface area (Å²) in [7, 11) is 0. The van der Waals surface area contributed by atoms with E-state index in [2.05, 4.69) is 45.0 Å². The summed E-state index contributed by atoms with van der Waals surface area (Å²) in [5.74, 6) is 0.654. The van der Waals surface area contributed by atoms with Gasteiger partial charge in [0, 0.05) is 5.92 Å². The fourth-order valence-electron chi connectivity index (χ4n) is 1.41. The normalized spacial score (nSPS) is 14.8. The van der Waals surface area contributed by atoms with E-state index in [-0.39, 0.29) is 5.92 Å². The van der Waals surface area contributed by atoms with Crippen LogP contribution in [0.15, 0.2) is 24.3 Å². The Balaban J connectivity index is 2.84. The zero-order chi connectivity index (χ0) is 10.7. The predicted octanol–water partition coefficient (Wildman–Crippen LogP) is 3.02. The first-order valence-corrected chi connectivity index (χ1v) is 5.29. The molecule has 0 spiro atoms. The maximum atomic E-state index is 5.64. The van der Waals surface area contributed by atoms with Gasteiger partial charge in [0.2, 0.25) is 0 Å². The van der Waals surface area contributed by atoms with E-state index in [1.54, 1.807) is 0 Å². The number of aryl methyl sites for hydroxylation is 1. The van der Waals surface area contributed by atoms with Gasteiger partial charge in [0.1, 0.15) is 0 Å². The molecule has 1 aromatic rings. The van der Waals surface area contributed by atoms with Crippen molar-refractivity contribution in [3.63, 3.8) is 0 Å². The highest BCUT2D eigenvalue weighted by Gasteiger charge is 2.16. The third-order valence-electron chi connectivity index (χ3n) is 2.80. The number of rotatable bonds is 3.